The molecule has 0 radical (unpaired) electrons. The quantitative estimate of drug-likeness (QED) is 0.171. The molecule has 1 unspecified atom stereocenters. The number of Topliss-reactive ketones (excluding diaryl/α,β-unsaturated/α-hetero) is 1. The molecule has 3 aromatic carbocycles. The summed E-state index contributed by atoms with van der Waals surface area (Å²) >= 11 is 6.45. The molecule has 1 aromatic heterocycles. The predicted molar refractivity (Wildman–Crippen MR) is 167 cm³/mol. The van der Waals surface area contributed by atoms with Crippen LogP contribution in [0, 0.1) is 5.41 Å². The zero-order valence-corrected chi connectivity index (χ0v) is 25.2. The van der Waals surface area contributed by atoms with Crippen molar-refractivity contribution in [2.24, 2.45) is 5.41 Å². The number of nitrogens with one attached hydrogen (secondary N) is 1. The number of nitrogens with zero attached hydrogens (tertiary/aromatic N) is 3. The number of para-hydroxylation sites is 1. The van der Waals surface area contributed by atoms with Gasteiger partial charge in [0, 0.05) is 5.41 Å². The fourth-order valence-corrected chi connectivity index (χ4v) is 4.96. The highest BCUT2D eigenvalue weighted by Crippen LogP contribution is 2.28. The largest absolute Gasteiger partial charge is 0.353 e. The number of hydrogen-bond acceptors (Lipinski definition) is 4. The number of anilines is 1. The van der Waals surface area contributed by atoms with Crippen LogP contribution in [-0.4, -0.2) is 25.6 Å². The lowest BCUT2D eigenvalue weighted by Crippen LogP contribution is -2.46. The summed E-state index contributed by atoms with van der Waals surface area (Å²) in [6.07, 6.45) is 3.94. The van der Waals surface area contributed by atoms with Gasteiger partial charge in [-0.1, -0.05) is 107 Å². The molecule has 0 fully saturated rings. The number of hydrogen-bond donors (Lipinski definition) is 1. The summed E-state index contributed by atoms with van der Waals surface area (Å²) in [4.78, 5) is 55.8. The lowest BCUT2D eigenvalue weighted by Gasteiger charge is -2.24. The molecule has 0 aliphatic carbocycles. The van der Waals surface area contributed by atoms with Crippen molar-refractivity contribution in [3.8, 4) is 5.69 Å². The first-order valence-electron chi connectivity index (χ1n) is 14.2. The fourth-order valence-electron chi connectivity index (χ4n) is 4.80. The van der Waals surface area contributed by atoms with Crippen molar-refractivity contribution >= 4 is 29.0 Å². The molecular weight excluding hydrogens is 552 g/mol. The highest BCUT2D eigenvalue weighted by molar-refractivity contribution is 6.34. The molecule has 0 saturated carbocycles. The number of benzene rings is 3. The zero-order chi connectivity index (χ0) is 30.4. The first-order chi connectivity index (χ1) is 20.0. The van der Waals surface area contributed by atoms with E-state index in [2.05, 4.69) is 12.2 Å². The number of unbranched alkanes of at least 4 members (excludes halogenated alkanes) is 2. The molecule has 0 aliphatic rings. The summed E-state index contributed by atoms with van der Waals surface area (Å²) in [7, 11) is 0. The van der Waals surface area contributed by atoms with E-state index in [1.165, 1.54) is 9.36 Å². The molecule has 0 bridgehead atoms. The first kappa shape index (κ1) is 30.8. The molecule has 4 rings (SSSR count). The molecule has 220 valence electrons. The lowest BCUT2D eigenvalue weighted by molar-refractivity contribution is -0.135. The van der Waals surface area contributed by atoms with Gasteiger partial charge in [0.15, 0.2) is 11.8 Å². The smallest absolute Gasteiger partial charge is 0.323 e. The third kappa shape index (κ3) is 6.82. The number of rotatable bonds is 11. The molecule has 1 atom stereocenters. The van der Waals surface area contributed by atoms with Gasteiger partial charge in [-0.05, 0) is 48.2 Å². The Hall–Kier alpha value is -4.17. The second-order valence-corrected chi connectivity index (χ2v) is 11.8. The molecule has 1 amide bonds. The Kier molecular flexibility index (Phi) is 9.68. The van der Waals surface area contributed by atoms with Crippen LogP contribution in [0.3, 0.4) is 0 Å². The van der Waals surface area contributed by atoms with Crippen LogP contribution in [0.5, 0.6) is 0 Å². The number of carbonyl (C=O) groups is 2. The minimum absolute atomic E-state index is 0.0560. The topological polar surface area (TPSA) is 95.1 Å². The maximum Gasteiger partial charge on any atom is 0.353 e. The van der Waals surface area contributed by atoms with Crippen LogP contribution in [0.1, 0.15) is 64.1 Å². The van der Waals surface area contributed by atoms with Gasteiger partial charge >= 0.3 is 11.4 Å². The number of amides is 1. The van der Waals surface area contributed by atoms with E-state index >= 15 is 0 Å². The number of carbonyl (C=O) groups excluding carboxylic acids is 2. The molecule has 4 aromatic rings. The highest BCUT2D eigenvalue weighted by Gasteiger charge is 2.40. The molecule has 1 N–H and O–H groups in total. The van der Waals surface area contributed by atoms with Crippen molar-refractivity contribution < 1.29 is 9.59 Å². The van der Waals surface area contributed by atoms with E-state index in [1.54, 1.807) is 63.2 Å². The SMILES string of the molecule is CCCCCc1ccc(Cl)c(NC(=O)C(C(=O)C(C)(C)C)n2c(=O)n(Cc3ccccc3)n(-c3ccccc3)c2=O)c1. The van der Waals surface area contributed by atoms with E-state index in [9.17, 15) is 19.2 Å². The van der Waals surface area contributed by atoms with Gasteiger partial charge < -0.3 is 5.32 Å². The summed E-state index contributed by atoms with van der Waals surface area (Å²) < 4.78 is 3.23. The molecule has 9 heteroatoms. The molecular formula is C33H37ClN4O4. The van der Waals surface area contributed by atoms with Crippen LogP contribution in [-0.2, 0) is 22.6 Å². The Morgan fingerprint density at radius 3 is 2.12 bits per heavy atom. The maximum absolute atomic E-state index is 14.0. The standard InChI is InChI=1S/C33H37ClN4O4/c1-5-6-9-14-23-19-20-26(34)27(21-23)35-30(40)28(29(39)33(2,3)4)37-31(41)36(22-24-15-10-7-11-16-24)38(32(37)42)25-17-12-8-13-18-25/h7-8,10-13,15-21,28H,5-6,9,14,22H2,1-4H3,(H,35,40). The fraction of sp³-hybridized carbons (Fsp3) is 0.333. The van der Waals surface area contributed by atoms with Crippen molar-refractivity contribution in [2.75, 3.05) is 5.32 Å². The molecule has 1 heterocycles. The lowest BCUT2D eigenvalue weighted by atomic mass is 9.86. The number of halogens is 1. The zero-order valence-electron chi connectivity index (χ0n) is 24.5. The van der Waals surface area contributed by atoms with Crippen LogP contribution in [0.4, 0.5) is 5.69 Å². The molecule has 0 spiro atoms. The van der Waals surface area contributed by atoms with E-state index in [1.807, 2.05) is 36.4 Å². The number of ketones is 1. The van der Waals surface area contributed by atoms with Crippen molar-refractivity contribution in [3.63, 3.8) is 0 Å². The van der Waals surface area contributed by atoms with Gasteiger partial charge in [-0.25, -0.2) is 18.8 Å². The van der Waals surface area contributed by atoms with E-state index < -0.39 is 34.5 Å². The minimum atomic E-state index is -1.73. The Morgan fingerprint density at radius 1 is 0.857 bits per heavy atom. The van der Waals surface area contributed by atoms with Crippen LogP contribution in [0.2, 0.25) is 5.02 Å². The Bertz CT molecular complexity index is 1660. The average Bonchev–Trinajstić information content (AvgIpc) is 3.20. The predicted octanol–water partition coefficient (Wildman–Crippen LogP) is 6.03. The molecule has 42 heavy (non-hydrogen) atoms. The summed E-state index contributed by atoms with van der Waals surface area (Å²) in [6.45, 7) is 7.14. The van der Waals surface area contributed by atoms with E-state index in [-0.39, 0.29) is 6.54 Å². The third-order valence-corrected chi connectivity index (χ3v) is 7.41. The van der Waals surface area contributed by atoms with E-state index in [0.717, 1.165) is 41.4 Å². The summed E-state index contributed by atoms with van der Waals surface area (Å²) in [6, 6.07) is 21.5. The van der Waals surface area contributed by atoms with Crippen LogP contribution in [0.15, 0.2) is 88.5 Å². The minimum Gasteiger partial charge on any atom is -0.323 e. The monoisotopic (exact) mass is 588 g/mol. The van der Waals surface area contributed by atoms with Crippen molar-refractivity contribution in [1.29, 1.82) is 0 Å². The van der Waals surface area contributed by atoms with Crippen molar-refractivity contribution in [3.05, 3.63) is 116 Å². The Balaban J connectivity index is 1.85. The van der Waals surface area contributed by atoms with Crippen molar-refractivity contribution in [2.45, 2.75) is 66.0 Å². The maximum atomic E-state index is 14.0. The average molecular weight is 589 g/mol. The number of aryl methyl sites for hydroxylation is 1. The van der Waals surface area contributed by atoms with E-state index in [0.29, 0.717) is 16.4 Å². The van der Waals surface area contributed by atoms with Gasteiger partial charge in [0.2, 0.25) is 0 Å². The van der Waals surface area contributed by atoms with Crippen molar-refractivity contribution in [1.82, 2.24) is 13.9 Å². The van der Waals surface area contributed by atoms with Crippen LogP contribution < -0.4 is 16.7 Å². The number of aromatic nitrogens is 3. The van der Waals surface area contributed by atoms with Gasteiger partial charge in [0.25, 0.3) is 5.91 Å². The van der Waals surface area contributed by atoms with Crippen LogP contribution in [0.25, 0.3) is 5.69 Å². The second-order valence-electron chi connectivity index (χ2n) is 11.4. The van der Waals surface area contributed by atoms with Gasteiger partial charge in [-0.2, -0.15) is 4.68 Å². The van der Waals surface area contributed by atoms with Gasteiger partial charge in [0.05, 0.1) is 22.9 Å². The molecule has 0 aliphatic heterocycles. The molecule has 0 saturated heterocycles. The van der Waals surface area contributed by atoms with Gasteiger partial charge in [0.1, 0.15) is 0 Å². The summed E-state index contributed by atoms with van der Waals surface area (Å²) in [5.74, 6) is -1.38. The van der Waals surface area contributed by atoms with E-state index in [4.69, 9.17) is 11.6 Å². The third-order valence-electron chi connectivity index (χ3n) is 7.08. The van der Waals surface area contributed by atoms with Gasteiger partial charge in [-0.3, -0.25) is 9.59 Å². The Labute approximate surface area is 250 Å². The first-order valence-corrected chi connectivity index (χ1v) is 14.6. The summed E-state index contributed by atoms with van der Waals surface area (Å²) in [5.41, 5.74) is -0.0967. The van der Waals surface area contributed by atoms with Crippen LogP contribution >= 0.6 is 11.6 Å². The second kappa shape index (κ2) is 13.2. The molecule has 8 nitrogen and oxygen atoms in total. The summed E-state index contributed by atoms with van der Waals surface area (Å²) in [5, 5.41) is 3.05. The van der Waals surface area contributed by atoms with Gasteiger partial charge in [-0.15, -0.1) is 0 Å². The normalized spacial score (nSPS) is 12.2. The highest BCUT2D eigenvalue weighted by atomic mass is 35.5. The Morgan fingerprint density at radius 2 is 1.50 bits per heavy atom.